The Morgan fingerprint density at radius 1 is 1.19 bits per heavy atom. The number of hydrogen-bond acceptors (Lipinski definition) is 6. The lowest BCUT2D eigenvalue weighted by molar-refractivity contribution is -0.385. The molecule has 1 atom stereocenters. The van der Waals surface area contributed by atoms with Crippen molar-refractivity contribution in [1.82, 2.24) is 5.32 Å². The average Bonchev–Trinajstić information content (AvgIpc) is 3.49. The van der Waals surface area contributed by atoms with Crippen molar-refractivity contribution >= 4 is 17.6 Å². The van der Waals surface area contributed by atoms with Crippen LogP contribution in [0.15, 0.2) is 48.5 Å². The Kier molecular flexibility index (Phi) is 5.35. The predicted octanol–water partition coefficient (Wildman–Crippen LogP) is 2.78. The second-order valence-corrected chi connectivity index (χ2v) is 6.12. The number of carbonyl (C=O) groups is 2. The predicted molar refractivity (Wildman–Crippen MR) is 95.4 cm³/mol. The van der Waals surface area contributed by atoms with Crippen molar-refractivity contribution in [3.63, 3.8) is 0 Å². The van der Waals surface area contributed by atoms with Gasteiger partial charge >= 0.3 is 11.7 Å². The lowest BCUT2D eigenvalue weighted by atomic mass is 10.1. The quantitative estimate of drug-likeness (QED) is 0.456. The van der Waals surface area contributed by atoms with E-state index < -0.39 is 22.9 Å². The number of nitrogens with zero attached hydrogens (tertiary/aromatic N) is 1. The first-order valence-electron chi connectivity index (χ1n) is 8.38. The third kappa shape index (κ3) is 4.41. The first-order valence-corrected chi connectivity index (χ1v) is 8.38. The summed E-state index contributed by atoms with van der Waals surface area (Å²) in [5.74, 6) is -1.22. The van der Waals surface area contributed by atoms with Crippen molar-refractivity contribution in [2.45, 2.75) is 25.0 Å². The second kappa shape index (κ2) is 7.86. The zero-order valence-corrected chi connectivity index (χ0v) is 14.6. The van der Waals surface area contributed by atoms with Crippen LogP contribution in [0.5, 0.6) is 5.75 Å². The van der Waals surface area contributed by atoms with Crippen molar-refractivity contribution in [2.75, 3.05) is 7.11 Å². The molecular weight excluding hydrogens is 352 g/mol. The number of rotatable bonds is 7. The Bertz CT molecular complexity index is 864. The smallest absolute Gasteiger partial charge is 0.339 e. The summed E-state index contributed by atoms with van der Waals surface area (Å²) >= 11 is 0. The van der Waals surface area contributed by atoms with Crippen LogP contribution in [0.1, 0.15) is 34.9 Å². The molecule has 0 aliphatic heterocycles. The van der Waals surface area contributed by atoms with Gasteiger partial charge in [0.2, 0.25) is 6.10 Å². The summed E-state index contributed by atoms with van der Waals surface area (Å²) in [7, 11) is 1.30. The summed E-state index contributed by atoms with van der Waals surface area (Å²) in [5, 5.41) is 14.0. The van der Waals surface area contributed by atoms with Gasteiger partial charge in [-0.3, -0.25) is 14.9 Å². The van der Waals surface area contributed by atoms with E-state index in [1.165, 1.54) is 19.2 Å². The summed E-state index contributed by atoms with van der Waals surface area (Å²) in [4.78, 5) is 35.6. The van der Waals surface area contributed by atoms with Gasteiger partial charge in [-0.05, 0) is 25.0 Å². The molecule has 1 fully saturated rings. The van der Waals surface area contributed by atoms with E-state index in [2.05, 4.69) is 5.32 Å². The molecule has 27 heavy (non-hydrogen) atoms. The molecule has 0 bridgehead atoms. The van der Waals surface area contributed by atoms with Crippen molar-refractivity contribution in [3.05, 3.63) is 69.8 Å². The molecule has 1 aliphatic carbocycles. The van der Waals surface area contributed by atoms with E-state index in [9.17, 15) is 19.7 Å². The highest BCUT2D eigenvalue weighted by atomic mass is 16.6. The molecule has 2 aromatic rings. The van der Waals surface area contributed by atoms with Crippen LogP contribution in [-0.2, 0) is 9.53 Å². The summed E-state index contributed by atoms with van der Waals surface area (Å²) in [6, 6.07) is 12.5. The van der Waals surface area contributed by atoms with Crippen molar-refractivity contribution < 1.29 is 24.0 Å². The molecule has 1 saturated carbocycles. The molecule has 3 rings (SSSR count). The summed E-state index contributed by atoms with van der Waals surface area (Å²) in [6.45, 7) is 0. The third-order valence-corrected chi connectivity index (χ3v) is 4.10. The molecule has 140 valence electrons. The lowest BCUT2D eigenvalue weighted by Gasteiger charge is -2.18. The fraction of sp³-hybridized carbons (Fsp3) is 0.263. The van der Waals surface area contributed by atoms with Gasteiger partial charge in [-0.1, -0.05) is 30.3 Å². The normalized spacial score (nSPS) is 14.1. The van der Waals surface area contributed by atoms with E-state index in [0.29, 0.717) is 5.56 Å². The van der Waals surface area contributed by atoms with Gasteiger partial charge in [-0.25, -0.2) is 4.79 Å². The summed E-state index contributed by atoms with van der Waals surface area (Å²) in [6.07, 6.45) is 0.651. The Hall–Kier alpha value is -3.42. The van der Waals surface area contributed by atoms with Crippen molar-refractivity contribution in [1.29, 1.82) is 0 Å². The average molecular weight is 370 g/mol. The molecule has 0 unspecified atom stereocenters. The minimum absolute atomic E-state index is 0.0302. The number of carbonyl (C=O) groups excluding carboxylic acids is 2. The number of methoxy groups -OCH3 is 1. The van der Waals surface area contributed by atoms with E-state index in [1.54, 1.807) is 30.3 Å². The molecule has 1 N–H and O–H groups in total. The number of hydrogen-bond donors (Lipinski definition) is 1. The highest BCUT2D eigenvalue weighted by molar-refractivity contribution is 5.93. The molecule has 1 amide bonds. The van der Waals surface area contributed by atoms with Crippen molar-refractivity contribution in [2.24, 2.45) is 0 Å². The van der Waals surface area contributed by atoms with E-state index in [-0.39, 0.29) is 23.0 Å². The lowest BCUT2D eigenvalue weighted by Crippen LogP contribution is -2.33. The highest BCUT2D eigenvalue weighted by Gasteiger charge is 2.31. The van der Waals surface area contributed by atoms with Crippen LogP contribution in [0.4, 0.5) is 5.69 Å². The van der Waals surface area contributed by atoms with Gasteiger partial charge in [0.25, 0.3) is 5.91 Å². The molecule has 0 spiro atoms. The number of esters is 1. The van der Waals surface area contributed by atoms with E-state index >= 15 is 0 Å². The van der Waals surface area contributed by atoms with Gasteiger partial charge in [-0.15, -0.1) is 0 Å². The highest BCUT2D eigenvalue weighted by Crippen LogP contribution is 2.29. The van der Waals surface area contributed by atoms with Gasteiger partial charge in [0.15, 0.2) is 5.75 Å². The Morgan fingerprint density at radius 3 is 2.48 bits per heavy atom. The first-order chi connectivity index (χ1) is 13.0. The molecule has 8 nitrogen and oxygen atoms in total. The zero-order chi connectivity index (χ0) is 19.4. The molecule has 0 aromatic heterocycles. The Balaban J connectivity index is 1.84. The molecule has 2 aromatic carbocycles. The fourth-order valence-corrected chi connectivity index (χ4v) is 2.54. The van der Waals surface area contributed by atoms with Crippen molar-refractivity contribution in [3.8, 4) is 5.75 Å². The number of ether oxygens (including phenoxy) is 2. The molecule has 0 saturated heterocycles. The largest absolute Gasteiger partial charge is 0.490 e. The van der Waals surface area contributed by atoms with E-state index in [0.717, 1.165) is 18.9 Å². The van der Waals surface area contributed by atoms with Gasteiger partial charge in [0.05, 0.1) is 17.6 Å². The van der Waals surface area contributed by atoms with E-state index in [1.807, 2.05) is 0 Å². The van der Waals surface area contributed by atoms with Crippen LogP contribution in [0.3, 0.4) is 0 Å². The van der Waals surface area contributed by atoms with E-state index in [4.69, 9.17) is 9.47 Å². The number of amides is 1. The minimum Gasteiger partial charge on any atom is -0.490 e. The standard InChI is InChI=1S/C19H18N2O6/c1-26-16-10-7-13(11-15(16)21(24)25)19(23)27-17(12-5-3-2-4-6-12)18(22)20-14-8-9-14/h2-7,10-11,14,17H,8-9H2,1H3,(H,20,22)/t17-/m0/s1. The zero-order valence-electron chi connectivity index (χ0n) is 14.6. The second-order valence-electron chi connectivity index (χ2n) is 6.12. The monoisotopic (exact) mass is 370 g/mol. The molecule has 8 heteroatoms. The number of benzene rings is 2. The van der Waals surface area contributed by atoms with Crippen LogP contribution in [-0.4, -0.2) is 30.0 Å². The van der Waals surface area contributed by atoms with Crippen LogP contribution >= 0.6 is 0 Å². The maximum Gasteiger partial charge on any atom is 0.339 e. The molecule has 0 heterocycles. The van der Waals surface area contributed by atoms with Crippen LogP contribution in [0.25, 0.3) is 0 Å². The fourth-order valence-electron chi connectivity index (χ4n) is 2.54. The van der Waals surface area contributed by atoms with Crippen LogP contribution in [0.2, 0.25) is 0 Å². The first kappa shape index (κ1) is 18.4. The molecule has 1 aliphatic rings. The maximum atomic E-state index is 12.5. The molecule has 0 radical (unpaired) electrons. The van der Waals surface area contributed by atoms with Crippen LogP contribution in [0, 0.1) is 10.1 Å². The number of nitrogens with one attached hydrogen (secondary N) is 1. The van der Waals surface area contributed by atoms with Gasteiger partial charge in [0, 0.05) is 17.7 Å². The van der Waals surface area contributed by atoms with Gasteiger partial charge in [-0.2, -0.15) is 0 Å². The Morgan fingerprint density at radius 2 is 1.89 bits per heavy atom. The summed E-state index contributed by atoms with van der Waals surface area (Å²) in [5.41, 5.74) is 0.125. The molecular formula is C19H18N2O6. The summed E-state index contributed by atoms with van der Waals surface area (Å²) < 4.78 is 10.3. The third-order valence-electron chi connectivity index (χ3n) is 4.10. The number of nitro benzene ring substituents is 1. The van der Waals surface area contributed by atoms with Crippen LogP contribution < -0.4 is 10.1 Å². The van der Waals surface area contributed by atoms with Gasteiger partial charge < -0.3 is 14.8 Å². The maximum absolute atomic E-state index is 12.5. The van der Waals surface area contributed by atoms with Gasteiger partial charge in [0.1, 0.15) is 0 Å². The SMILES string of the molecule is COc1ccc(C(=O)O[C@H](C(=O)NC2CC2)c2ccccc2)cc1[N+](=O)[O-]. The topological polar surface area (TPSA) is 108 Å². The minimum atomic E-state index is -1.14. The Labute approximate surface area is 155 Å². The number of nitro groups is 1.